The molecule has 3 aliphatic rings. The number of fused-ring (bicyclic) bond motifs is 1. The Morgan fingerprint density at radius 1 is 1.20 bits per heavy atom. The predicted octanol–water partition coefficient (Wildman–Crippen LogP) is 2.04. The molecule has 4 heterocycles. The van der Waals surface area contributed by atoms with Gasteiger partial charge in [0.05, 0.1) is 5.41 Å². The summed E-state index contributed by atoms with van der Waals surface area (Å²) < 4.78 is 0. The van der Waals surface area contributed by atoms with Crippen LogP contribution in [0.5, 0.6) is 0 Å². The van der Waals surface area contributed by atoms with E-state index in [9.17, 15) is 9.59 Å². The normalized spacial score (nSPS) is 29.3. The molecule has 0 unspecified atom stereocenters. The van der Waals surface area contributed by atoms with Crippen molar-refractivity contribution in [1.29, 1.82) is 0 Å². The minimum absolute atomic E-state index is 0.0361. The Labute approximate surface area is 153 Å². The van der Waals surface area contributed by atoms with Gasteiger partial charge in [-0.2, -0.15) is 11.3 Å². The van der Waals surface area contributed by atoms with Crippen molar-refractivity contribution in [3.63, 3.8) is 0 Å². The third-order valence-electron chi connectivity index (χ3n) is 6.84. The number of likely N-dealkylation sites (tertiary alicyclic amines) is 3. The topological polar surface area (TPSA) is 43.9 Å². The number of nitrogens with zero attached hydrogens (tertiary/aromatic N) is 3. The molecule has 1 aromatic rings. The quantitative estimate of drug-likeness (QED) is 0.810. The Balaban J connectivity index is 1.55. The maximum absolute atomic E-state index is 13.1. The predicted molar refractivity (Wildman–Crippen MR) is 98.2 cm³/mol. The minimum Gasteiger partial charge on any atom is -0.345 e. The Morgan fingerprint density at radius 3 is 2.52 bits per heavy atom. The molecular formula is C19H27N3O2S. The van der Waals surface area contributed by atoms with Crippen molar-refractivity contribution in [3.8, 4) is 0 Å². The lowest BCUT2D eigenvalue weighted by Crippen LogP contribution is -2.52. The van der Waals surface area contributed by atoms with E-state index in [1.165, 1.54) is 5.56 Å². The Morgan fingerprint density at radius 2 is 1.96 bits per heavy atom. The highest BCUT2D eigenvalue weighted by molar-refractivity contribution is 7.07. The average molecular weight is 362 g/mol. The van der Waals surface area contributed by atoms with Crippen LogP contribution in [0.15, 0.2) is 16.8 Å². The Bertz CT molecular complexity index is 666. The van der Waals surface area contributed by atoms with Crippen LogP contribution >= 0.6 is 11.3 Å². The van der Waals surface area contributed by atoms with E-state index in [2.05, 4.69) is 21.7 Å². The van der Waals surface area contributed by atoms with Gasteiger partial charge < -0.3 is 9.80 Å². The Kier molecular flexibility index (Phi) is 4.15. The van der Waals surface area contributed by atoms with Gasteiger partial charge >= 0.3 is 0 Å². The van der Waals surface area contributed by atoms with Gasteiger partial charge in [0.15, 0.2) is 0 Å². The first-order chi connectivity index (χ1) is 12.0. The number of thiophene rings is 1. The second kappa shape index (κ2) is 6.09. The SMILES string of the molecule is CC(=O)N1CC2(CCN(Cc3ccsc3)CC2)[C@]2(CCN(C)C2=O)C1. The van der Waals surface area contributed by atoms with E-state index in [1.807, 2.05) is 16.8 Å². The van der Waals surface area contributed by atoms with Gasteiger partial charge in [-0.05, 0) is 54.7 Å². The van der Waals surface area contributed by atoms with E-state index in [0.29, 0.717) is 6.54 Å². The molecular weight excluding hydrogens is 334 g/mol. The number of hydrogen-bond acceptors (Lipinski definition) is 4. The van der Waals surface area contributed by atoms with Gasteiger partial charge in [-0.25, -0.2) is 0 Å². The third kappa shape index (κ3) is 2.61. The summed E-state index contributed by atoms with van der Waals surface area (Å²) in [5, 5.41) is 4.35. The van der Waals surface area contributed by atoms with Crippen LogP contribution in [-0.4, -0.2) is 66.3 Å². The molecule has 0 aromatic carbocycles. The average Bonchev–Trinajstić information content (AvgIpc) is 3.28. The van der Waals surface area contributed by atoms with Crippen LogP contribution in [0.1, 0.15) is 31.7 Å². The van der Waals surface area contributed by atoms with E-state index in [-0.39, 0.29) is 22.6 Å². The molecule has 1 atom stereocenters. The Hall–Kier alpha value is -1.40. The van der Waals surface area contributed by atoms with Crippen LogP contribution in [0.4, 0.5) is 0 Å². The molecule has 2 amide bonds. The maximum Gasteiger partial charge on any atom is 0.231 e. The van der Waals surface area contributed by atoms with Crippen molar-refractivity contribution in [2.75, 3.05) is 39.8 Å². The summed E-state index contributed by atoms with van der Waals surface area (Å²) in [6.45, 7) is 6.87. The fraction of sp³-hybridized carbons (Fsp3) is 0.684. The van der Waals surface area contributed by atoms with E-state index < -0.39 is 0 Å². The molecule has 4 rings (SSSR count). The molecule has 0 radical (unpaired) electrons. The molecule has 0 bridgehead atoms. The maximum atomic E-state index is 13.1. The summed E-state index contributed by atoms with van der Waals surface area (Å²) in [5.41, 5.74) is 0.997. The number of rotatable bonds is 2. The number of carbonyl (C=O) groups is 2. The highest BCUT2D eigenvalue weighted by Gasteiger charge is 2.65. The van der Waals surface area contributed by atoms with Crippen LogP contribution < -0.4 is 0 Å². The van der Waals surface area contributed by atoms with Crippen LogP contribution in [0.25, 0.3) is 0 Å². The molecule has 0 N–H and O–H groups in total. The van der Waals surface area contributed by atoms with E-state index in [4.69, 9.17) is 0 Å². The summed E-state index contributed by atoms with van der Waals surface area (Å²) in [4.78, 5) is 31.5. The largest absolute Gasteiger partial charge is 0.345 e. The first-order valence-corrected chi connectivity index (χ1v) is 10.1. The molecule has 1 aromatic heterocycles. The summed E-state index contributed by atoms with van der Waals surface area (Å²) in [7, 11) is 1.91. The lowest BCUT2D eigenvalue weighted by molar-refractivity contribution is -0.141. The molecule has 2 spiro atoms. The van der Waals surface area contributed by atoms with Crippen molar-refractivity contribution in [3.05, 3.63) is 22.4 Å². The fourth-order valence-electron chi connectivity index (χ4n) is 5.28. The number of carbonyl (C=O) groups excluding carboxylic acids is 2. The third-order valence-corrected chi connectivity index (χ3v) is 7.58. The van der Waals surface area contributed by atoms with Gasteiger partial charge in [-0.1, -0.05) is 0 Å². The number of amides is 2. The van der Waals surface area contributed by atoms with E-state index >= 15 is 0 Å². The molecule has 3 saturated heterocycles. The molecule has 0 aliphatic carbocycles. The van der Waals surface area contributed by atoms with Crippen LogP contribution in [0, 0.1) is 10.8 Å². The first-order valence-electron chi connectivity index (χ1n) is 9.20. The van der Waals surface area contributed by atoms with Crippen molar-refractivity contribution < 1.29 is 9.59 Å². The van der Waals surface area contributed by atoms with Gasteiger partial charge in [-0.3, -0.25) is 14.5 Å². The zero-order valence-electron chi connectivity index (χ0n) is 15.2. The fourth-order valence-corrected chi connectivity index (χ4v) is 5.94. The van der Waals surface area contributed by atoms with Crippen molar-refractivity contribution in [1.82, 2.24) is 14.7 Å². The van der Waals surface area contributed by atoms with E-state index in [0.717, 1.165) is 52.0 Å². The highest BCUT2D eigenvalue weighted by Crippen LogP contribution is 2.57. The molecule has 25 heavy (non-hydrogen) atoms. The highest BCUT2D eigenvalue weighted by atomic mass is 32.1. The van der Waals surface area contributed by atoms with E-state index in [1.54, 1.807) is 18.3 Å². The molecule has 0 saturated carbocycles. The van der Waals surface area contributed by atoms with Gasteiger partial charge in [0.2, 0.25) is 11.8 Å². The van der Waals surface area contributed by atoms with Crippen molar-refractivity contribution in [2.45, 2.75) is 32.7 Å². The smallest absolute Gasteiger partial charge is 0.231 e. The number of hydrogen-bond donors (Lipinski definition) is 0. The zero-order chi connectivity index (χ0) is 17.7. The van der Waals surface area contributed by atoms with Crippen LogP contribution in [-0.2, 0) is 16.1 Å². The van der Waals surface area contributed by atoms with Gasteiger partial charge in [-0.15, -0.1) is 0 Å². The molecule has 6 heteroatoms. The zero-order valence-corrected chi connectivity index (χ0v) is 16.0. The lowest BCUT2D eigenvalue weighted by Gasteiger charge is -2.46. The molecule has 3 fully saturated rings. The number of piperidine rings is 1. The van der Waals surface area contributed by atoms with Crippen LogP contribution in [0.2, 0.25) is 0 Å². The lowest BCUT2D eigenvalue weighted by atomic mass is 9.60. The minimum atomic E-state index is -0.345. The standard InChI is InChI=1S/C19H27N3O2S/c1-15(23)22-13-18(19(14-22)6-7-20(2)17(19)24)4-8-21(9-5-18)11-16-3-10-25-12-16/h3,10,12H,4-9,11,13-14H2,1-2H3/t19-/m1/s1. The summed E-state index contributed by atoms with van der Waals surface area (Å²) in [5.74, 6) is 0.377. The molecule has 3 aliphatic heterocycles. The van der Waals surface area contributed by atoms with Gasteiger partial charge in [0.25, 0.3) is 0 Å². The van der Waals surface area contributed by atoms with Crippen molar-refractivity contribution in [2.24, 2.45) is 10.8 Å². The molecule has 136 valence electrons. The van der Waals surface area contributed by atoms with Gasteiger partial charge in [0, 0.05) is 45.6 Å². The monoisotopic (exact) mass is 361 g/mol. The van der Waals surface area contributed by atoms with Gasteiger partial charge in [0.1, 0.15) is 0 Å². The second-order valence-electron chi connectivity index (χ2n) is 8.12. The molecule has 5 nitrogen and oxygen atoms in total. The summed E-state index contributed by atoms with van der Waals surface area (Å²) in [6.07, 6.45) is 2.93. The summed E-state index contributed by atoms with van der Waals surface area (Å²) >= 11 is 1.75. The summed E-state index contributed by atoms with van der Waals surface area (Å²) in [6, 6.07) is 2.19. The van der Waals surface area contributed by atoms with Crippen LogP contribution in [0.3, 0.4) is 0 Å². The van der Waals surface area contributed by atoms with Crippen molar-refractivity contribution >= 4 is 23.2 Å². The first kappa shape index (κ1) is 17.0. The second-order valence-corrected chi connectivity index (χ2v) is 8.90.